The highest BCUT2D eigenvalue weighted by Gasteiger charge is 2.42. The molecule has 0 aliphatic carbocycles. The first-order valence-electron chi connectivity index (χ1n) is 11.9. The average molecular weight is 453 g/mol. The Morgan fingerprint density at radius 2 is 1.59 bits per heavy atom. The number of para-hydroxylation sites is 1. The van der Waals surface area contributed by atoms with Crippen LogP contribution in [0.5, 0.6) is 0 Å². The molecule has 2 saturated heterocycles. The summed E-state index contributed by atoms with van der Waals surface area (Å²) in [5, 5.41) is 3.61. The maximum Gasteiger partial charge on any atom is 0.247 e. The third kappa shape index (κ3) is 3.64. The molecule has 172 valence electrons. The standard InChI is InChI=1S/C28H28N4O2/c1-29-24(15-23-8-4-5-9-25(23)29)17-31-19-27(33)32-13-12-30(18-26(32)28(31)34)16-20-10-11-21-6-2-3-7-22(21)14-20/h2-11,14-15,26H,12-13,16-19H2,1H3. The molecule has 2 aliphatic rings. The van der Waals surface area contributed by atoms with Crippen molar-refractivity contribution in [2.75, 3.05) is 26.2 Å². The van der Waals surface area contributed by atoms with Gasteiger partial charge in [-0.25, -0.2) is 0 Å². The quantitative estimate of drug-likeness (QED) is 0.477. The van der Waals surface area contributed by atoms with Crippen LogP contribution in [0.1, 0.15) is 11.3 Å². The molecule has 2 amide bonds. The van der Waals surface area contributed by atoms with Gasteiger partial charge in [-0.3, -0.25) is 14.5 Å². The monoisotopic (exact) mass is 452 g/mol. The largest absolute Gasteiger partial charge is 0.346 e. The molecule has 3 aromatic carbocycles. The van der Waals surface area contributed by atoms with Crippen molar-refractivity contribution in [2.45, 2.75) is 19.1 Å². The van der Waals surface area contributed by atoms with Crippen LogP contribution >= 0.6 is 0 Å². The lowest BCUT2D eigenvalue weighted by Gasteiger charge is -2.46. The number of hydrogen-bond acceptors (Lipinski definition) is 3. The van der Waals surface area contributed by atoms with Gasteiger partial charge in [-0.15, -0.1) is 0 Å². The van der Waals surface area contributed by atoms with Crippen LogP contribution in [-0.2, 0) is 29.7 Å². The predicted octanol–water partition coefficient (Wildman–Crippen LogP) is 3.39. The first-order valence-corrected chi connectivity index (χ1v) is 11.9. The number of aromatic nitrogens is 1. The van der Waals surface area contributed by atoms with Gasteiger partial charge in [0.15, 0.2) is 0 Å². The van der Waals surface area contributed by atoms with Crippen LogP contribution in [0.3, 0.4) is 0 Å². The summed E-state index contributed by atoms with van der Waals surface area (Å²) in [6.45, 7) is 3.34. The summed E-state index contributed by atoms with van der Waals surface area (Å²) in [7, 11) is 2.02. The zero-order valence-corrected chi connectivity index (χ0v) is 19.4. The Kier molecular flexibility index (Phi) is 5.11. The molecule has 0 bridgehead atoms. The van der Waals surface area contributed by atoms with Crippen LogP contribution in [0.15, 0.2) is 72.8 Å². The minimum absolute atomic E-state index is 0.0491. The number of fused-ring (bicyclic) bond motifs is 3. The molecule has 6 rings (SSSR count). The Balaban J connectivity index is 1.19. The molecule has 1 atom stereocenters. The molecular weight excluding hydrogens is 424 g/mol. The zero-order valence-electron chi connectivity index (χ0n) is 19.4. The summed E-state index contributed by atoms with van der Waals surface area (Å²) >= 11 is 0. The van der Waals surface area contributed by atoms with E-state index in [9.17, 15) is 9.59 Å². The van der Waals surface area contributed by atoms with E-state index in [1.54, 1.807) is 9.80 Å². The molecule has 2 fully saturated rings. The van der Waals surface area contributed by atoms with Gasteiger partial charge < -0.3 is 14.4 Å². The molecule has 0 saturated carbocycles. The number of piperazine rings is 2. The van der Waals surface area contributed by atoms with Gasteiger partial charge >= 0.3 is 0 Å². The lowest BCUT2D eigenvalue weighted by molar-refractivity contribution is -0.160. The van der Waals surface area contributed by atoms with E-state index in [4.69, 9.17) is 0 Å². The molecule has 0 N–H and O–H groups in total. The minimum Gasteiger partial charge on any atom is -0.346 e. The predicted molar refractivity (Wildman–Crippen MR) is 133 cm³/mol. The fourth-order valence-electron chi connectivity index (χ4n) is 5.46. The van der Waals surface area contributed by atoms with Crippen molar-refractivity contribution < 1.29 is 9.59 Å². The van der Waals surface area contributed by atoms with Crippen molar-refractivity contribution in [1.29, 1.82) is 0 Å². The lowest BCUT2D eigenvalue weighted by Crippen LogP contribution is -2.66. The maximum absolute atomic E-state index is 13.5. The van der Waals surface area contributed by atoms with E-state index in [-0.39, 0.29) is 18.4 Å². The second-order valence-electron chi connectivity index (χ2n) is 9.47. The van der Waals surface area contributed by atoms with E-state index in [0.29, 0.717) is 19.6 Å². The van der Waals surface area contributed by atoms with Gasteiger partial charge in [-0.1, -0.05) is 54.6 Å². The summed E-state index contributed by atoms with van der Waals surface area (Å²) in [5.41, 5.74) is 3.41. The summed E-state index contributed by atoms with van der Waals surface area (Å²) in [6.07, 6.45) is 0. The molecule has 34 heavy (non-hydrogen) atoms. The second-order valence-corrected chi connectivity index (χ2v) is 9.47. The maximum atomic E-state index is 13.5. The van der Waals surface area contributed by atoms with Gasteiger partial charge in [0.2, 0.25) is 11.8 Å². The van der Waals surface area contributed by atoms with Gasteiger partial charge in [0, 0.05) is 44.4 Å². The number of benzene rings is 3. The van der Waals surface area contributed by atoms with E-state index in [1.165, 1.54) is 16.3 Å². The van der Waals surface area contributed by atoms with Crippen LogP contribution in [0.2, 0.25) is 0 Å². The number of nitrogens with zero attached hydrogens (tertiary/aromatic N) is 4. The fraction of sp³-hybridized carbons (Fsp3) is 0.286. The number of carbonyl (C=O) groups excluding carboxylic acids is 2. The van der Waals surface area contributed by atoms with Gasteiger partial charge in [-0.05, 0) is 39.9 Å². The summed E-state index contributed by atoms with van der Waals surface area (Å²) in [4.78, 5) is 32.3. The molecule has 1 aromatic heterocycles. The van der Waals surface area contributed by atoms with Crippen molar-refractivity contribution in [2.24, 2.45) is 7.05 Å². The Bertz CT molecular complexity index is 1410. The Labute approximate surface area is 199 Å². The molecule has 4 aromatic rings. The molecule has 0 spiro atoms. The van der Waals surface area contributed by atoms with Crippen molar-refractivity contribution in [3.8, 4) is 0 Å². The van der Waals surface area contributed by atoms with Gasteiger partial charge in [0.1, 0.15) is 12.6 Å². The topological polar surface area (TPSA) is 48.8 Å². The SMILES string of the molecule is Cn1c(CN2CC(=O)N3CCN(Cc4ccc5ccccc5c4)CC3C2=O)cc2ccccc21. The third-order valence-corrected chi connectivity index (χ3v) is 7.33. The molecule has 6 heteroatoms. The molecule has 1 unspecified atom stereocenters. The number of amides is 2. The van der Waals surface area contributed by atoms with Gasteiger partial charge in [0.25, 0.3) is 0 Å². The smallest absolute Gasteiger partial charge is 0.247 e. The summed E-state index contributed by atoms with van der Waals surface area (Å²) in [6, 6.07) is 24.8. The number of aryl methyl sites for hydroxylation is 1. The molecule has 6 nitrogen and oxygen atoms in total. The summed E-state index contributed by atoms with van der Waals surface area (Å²) < 4.78 is 2.12. The normalized spacial score (nSPS) is 19.3. The van der Waals surface area contributed by atoms with Gasteiger partial charge in [0.05, 0.1) is 6.54 Å². The zero-order chi connectivity index (χ0) is 23.2. The van der Waals surface area contributed by atoms with Crippen LogP contribution in [0.25, 0.3) is 21.7 Å². The first kappa shape index (κ1) is 20.9. The Morgan fingerprint density at radius 1 is 0.824 bits per heavy atom. The van der Waals surface area contributed by atoms with E-state index in [2.05, 4.69) is 70.1 Å². The van der Waals surface area contributed by atoms with Crippen LogP contribution < -0.4 is 0 Å². The first-order chi connectivity index (χ1) is 16.6. The van der Waals surface area contributed by atoms with Crippen LogP contribution in [-0.4, -0.2) is 63.3 Å². The van der Waals surface area contributed by atoms with Gasteiger partial charge in [-0.2, -0.15) is 0 Å². The Morgan fingerprint density at radius 3 is 2.41 bits per heavy atom. The van der Waals surface area contributed by atoms with Crippen LogP contribution in [0, 0.1) is 0 Å². The molecule has 3 heterocycles. The third-order valence-electron chi connectivity index (χ3n) is 7.33. The van der Waals surface area contributed by atoms with Crippen molar-refractivity contribution in [3.63, 3.8) is 0 Å². The van der Waals surface area contributed by atoms with E-state index < -0.39 is 6.04 Å². The minimum atomic E-state index is -0.412. The molecular formula is C28H28N4O2. The van der Waals surface area contributed by atoms with E-state index >= 15 is 0 Å². The number of hydrogen-bond donors (Lipinski definition) is 0. The van der Waals surface area contributed by atoms with E-state index in [1.807, 2.05) is 19.2 Å². The lowest BCUT2D eigenvalue weighted by atomic mass is 10.0. The number of carbonyl (C=O) groups is 2. The van der Waals surface area contributed by atoms with Crippen molar-refractivity contribution in [1.82, 2.24) is 19.3 Å². The number of rotatable bonds is 4. The van der Waals surface area contributed by atoms with Crippen molar-refractivity contribution in [3.05, 3.63) is 84.1 Å². The van der Waals surface area contributed by atoms with E-state index in [0.717, 1.165) is 29.7 Å². The molecule has 0 radical (unpaired) electrons. The second kappa shape index (κ2) is 8.29. The molecule has 2 aliphatic heterocycles. The highest BCUT2D eigenvalue weighted by Crippen LogP contribution is 2.24. The van der Waals surface area contributed by atoms with Crippen molar-refractivity contribution >= 4 is 33.5 Å². The fourth-order valence-corrected chi connectivity index (χ4v) is 5.46. The summed E-state index contributed by atoms with van der Waals surface area (Å²) in [5.74, 6) is 0.0989. The van der Waals surface area contributed by atoms with Crippen LogP contribution in [0.4, 0.5) is 0 Å². The average Bonchev–Trinajstić information content (AvgIpc) is 3.17. The highest BCUT2D eigenvalue weighted by atomic mass is 16.2. The highest BCUT2D eigenvalue weighted by molar-refractivity contribution is 5.95. The Hall–Kier alpha value is -3.64.